The van der Waals surface area contributed by atoms with Crippen molar-refractivity contribution in [1.29, 1.82) is 0 Å². The van der Waals surface area contributed by atoms with E-state index in [2.05, 4.69) is 15.6 Å². The van der Waals surface area contributed by atoms with Crippen molar-refractivity contribution in [3.63, 3.8) is 0 Å². The minimum absolute atomic E-state index is 0.297. The summed E-state index contributed by atoms with van der Waals surface area (Å²) < 4.78 is 35.9. The Balaban J connectivity index is 2.61. The molecule has 0 aliphatic rings. The topological polar surface area (TPSA) is 54.0 Å². The van der Waals surface area contributed by atoms with Gasteiger partial charge in [0, 0.05) is 19.3 Å². The molecule has 2 N–H and O–H groups in total. The van der Waals surface area contributed by atoms with Crippen LogP contribution in [-0.4, -0.2) is 30.2 Å². The van der Waals surface area contributed by atoms with E-state index in [0.29, 0.717) is 17.8 Å². The van der Waals surface area contributed by atoms with Crippen LogP contribution in [0.3, 0.4) is 0 Å². The molecule has 1 amide bonds. The van der Waals surface area contributed by atoms with Crippen LogP contribution in [0.2, 0.25) is 0 Å². The van der Waals surface area contributed by atoms with E-state index in [1.165, 1.54) is 18.5 Å². The summed E-state index contributed by atoms with van der Waals surface area (Å²) in [6.45, 7) is 2.19. The van der Waals surface area contributed by atoms with Crippen molar-refractivity contribution in [2.45, 2.75) is 25.9 Å². The van der Waals surface area contributed by atoms with Crippen LogP contribution in [0.1, 0.15) is 30.1 Å². The van der Waals surface area contributed by atoms with E-state index in [0.717, 1.165) is 6.42 Å². The third-order valence-corrected chi connectivity index (χ3v) is 2.33. The molecule has 7 heteroatoms. The van der Waals surface area contributed by atoms with E-state index in [1.54, 1.807) is 0 Å². The molecule has 0 aliphatic carbocycles. The molecule has 1 aromatic heterocycles. The van der Waals surface area contributed by atoms with Gasteiger partial charge in [0.2, 0.25) is 0 Å². The minimum Gasteiger partial charge on any atom is -0.383 e. The van der Waals surface area contributed by atoms with Crippen molar-refractivity contribution in [2.24, 2.45) is 0 Å². The molecule has 0 aromatic carbocycles. The Hall–Kier alpha value is -1.79. The highest BCUT2D eigenvalue weighted by atomic mass is 19.4. The van der Waals surface area contributed by atoms with Gasteiger partial charge >= 0.3 is 6.18 Å². The zero-order valence-corrected chi connectivity index (χ0v) is 10.5. The van der Waals surface area contributed by atoms with Gasteiger partial charge in [-0.05, 0) is 12.5 Å². The van der Waals surface area contributed by atoms with Crippen LogP contribution in [0.4, 0.5) is 18.9 Å². The summed E-state index contributed by atoms with van der Waals surface area (Å²) in [7, 11) is 0. The Bertz CT molecular complexity index is 421. The molecule has 0 saturated carbocycles. The second-order valence-electron chi connectivity index (χ2n) is 3.97. The maximum atomic E-state index is 12.0. The van der Waals surface area contributed by atoms with Crippen LogP contribution in [0.5, 0.6) is 0 Å². The molecule has 1 aromatic rings. The van der Waals surface area contributed by atoms with E-state index in [9.17, 15) is 18.0 Å². The zero-order valence-electron chi connectivity index (χ0n) is 10.5. The largest absolute Gasteiger partial charge is 0.390 e. The third-order valence-electron chi connectivity index (χ3n) is 2.33. The van der Waals surface area contributed by atoms with Gasteiger partial charge < -0.3 is 10.6 Å². The maximum absolute atomic E-state index is 12.0. The number of alkyl halides is 3. The molecule has 0 atom stereocenters. The molecule has 0 fully saturated rings. The summed E-state index contributed by atoms with van der Waals surface area (Å²) in [5, 5.41) is 5.25. The first-order chi connectivity index (χ1) is 8.94. The van der Waals surface area contributed by atoms with E-state index in [4.69, 9.17) is 0 Å². The first-order valence-corrected chi connectivity index (χ1v) is 5.97. The molecule has 0 spiro atoms. The molecule has 4 nitrogen and oxygen atoms in total. The fraction of sp³-hybridized carbons (Fsp3) is 0.500. The summed E-state index contributed by atoms with van der Waals surface area (Å²) >= 11 is 0. The van der Waals surface area contributed by atoms with Gasteiger partial charge in [-0.15, -0.1) is 0 Å². The van der Waals surface area contributed by atoms with Crippen molar-refractivity contribution >= 4 is 11.6 Å². The van der Waals surface area contributed by atoms with Crippen LogP contribution >= 0.6 is 0 Å². The highest BCUT2D eigenvalue weighted by Crippen LogP contribution is 2.18. The van der Waals surface area contributed by atoms with E-state index >= 15 is 0 Å². The number of aromatic nitrogens is 1. The molecule has 1 rings (SSSR count). The molecule has 1 heterocycles. The SMILES string of the molecule is CCCNc1cnccc1C(=O)NCCC(F)(F)F. The molecular formula is C12H16F3N3O. The van der Waals surface area contributed by atoms with Crippen LogP contribution in [-0.2, 0) is 0 Å². The van der Waals surface area contributed by atoms with Crippen molar-refractivity contribution in [2.75, 3.05) is 18.4 Å². The normalized spacial score (nSPS) is 11.2. The van der Waals surface area contributed by atoms with Gasteiger partial charge in [-0.1, -0.05) is 6.92 Å². The highest BCUT2D eigenvalue weighted by Gasteiger charge is 2.26. The van der Waals surface area contributed by atoms with Crippen molar-refractivity contribution in [1.82, 2.24) is 10.3 Å². The average Bonchev–Trinajstić information content (AvgIpc) is 2.35. The molecule has 0 radical (unpaired) electrons. The number of carbonyl (C=O) groups excluding carboxylic acids is 1. The quantitative estimate of drug-likeness (QED) is 0.839. The maximum Gasteiger partial charge on any atom is 0.390 e. The number of carbonyl (C=O) groups is 1. The number of amides is 1. The Labute approximate surface area is 109 Å². The number of anilines is 1. The summed E-state index contributed by atoms with van der Waals surface area (Å²) in [6.07, 6.45) is -1.54. The lowest BCUT2D eigenvalue weighted by Crippen LogP contribution is -2.28. The fourth-order valence-corrected chi connectivity index (χ4v) is 1.41. The average molecular weight is 275 g/mol. The van der Waals surface area contributed by atoms with Crippen molar-refractivity contribution < 1.29 is 18.0 Å². The predicted octanol–water partition coefficient (Wildman–Crippen LogP) is 2.59. The second kappa shape index (κ2) is 6.96. The number of pyridine rings is 1. The lowest BCUT2D eigenvalue weighted by Gasteiger charge is -2.11. The fourth-order valence-electron chi connectivity index (χ4n) is 1.41. The Morgan fingerprint density at radius 1 is 1.37 bits per heavy atom. The number of nitrogens with one attached hydrogen (secondary N) is 2. The van der Waals surface area contributed by atoms with Crippen LogP contribution in [0.15, 0.2) is 18.5 Å². The monoisotopic (exact) mass is 275 g/mol. The van der Waals surface area contributed by atoms with E-state index in [-0.39, 0.29) is 0 Å². The molecule has 0 aliphatic heterocycles. The minimum atomic E-state index is -4.27. The zero-order chi connectivity index (χ0) is 14.3. The van der Waals surface area contributed by atoms with Crippen LogP contribution < -0.4 is 10.6 Å². The first-order valence-electron chi connectivity index (χ1n) is 5.97. The van der Waals surface area contributed by atoms with Gasteiger partial charge in [-0.3, -0.25) is 9.78 Å². The Kier molecular flexibility index (Phi) is 5.59. The van der Waals surface area contributed by atoms with Gasteiger partial charge in [-0.25, -0.2) is 0 Å². The van der Waals surface area contributed by atoms with Crippen LogP contribution in [0.25, 0.3) is 0 Å². The summed E-state index contributed by atoms with van der Waals surface area (Å²) in [6, 6.07) is 1.47. The molecule has 0 saturated heterocycles. The van der Waals surface area contributed by atoms with Crippen molar-refractivity contribution in [3.8, 4) is 0 Å². The summed E-state index contributed by atoms with van der Waals surface area (Å²) in [4.78, 5) is 15.6. The Morgan fingerprint density at radius 2 is 2.11 bits per heavy atom. The number of rotatable bonds is 6. The van der Waals surface area contributed by atoms with Gasteiger partial charge in [0.05, 0.1) is 23.9 Å². The van der Waals surface area contributed by atoms with Gasteiger partial charge in [0.25, 0.3) is 5.91 Å². The molecular weight excluding hydrogens is 259 g/mol. The molecule has 106 valence electrons. The lowest BCUT2D eigenvalue weighted by atomic mass is 10.2. The lowest BCUT2D eigenvalue weighted by molar-refractivity contribution is -0.132. The molecule has 19 heavy (non-hydrogen) atoms. The first kappa shape index (κ1) is 15.3. The van der Waals surface area contributed by atoms with Crippen molar-refractivity contribution in [3.05, 3.63) is 24.0 Å². The summed E-state index contributed by atoms with van der Waals surface area (Å²) in [5.74, 6) is -0.537. The standard InChI is InChI=1S/C12H16F3N3O/c1-2-5-17-10-8-16-6-3-9(10)11(19)18-7-4-12(13,14)15/h3,6,8,17H,2,4-5,7H2,1H3,(H,18,19). The third kappa shape index (κ3) is 5.58. The predicted molar refractivity (Wildman–Crippen MR) is 66.0 cm³/mol. The van der Waals surface area contributed by atoms with Gasteiger partial charge in [-0.2, -0.15) is 13.2 Å². The van der Waals surface area contributed by atoms with E-state index in [1.807, 2.05) is 6.92 Å². The molecule has 0 unspecified atom stereocenters. The highest BCUT2D eigenvalue weighted by molar-refractivity contribution is 5.99. The smallest absolute Gasteiger partial charge is 0.383 e. The number of halogens is 3. The molecule has 0 bridgehead atoms. The number of nitrogens with zero attached hydrogens (tertiary/aromatic N) is 1. The number of hydrogen-bond donors (Lipinski definition) is 2. The van der Waals surface area contributed by atoms with Gasteiger partial charge in [0.1, 0.15) is 0 Å². The number of hydrogen-bond acceptors (Lipinski definition) is 3. The summed E-state index contributed by atoms with van der Waals surface area (Å²) in [5.41, 5.74) is 0.819. The van der Waals surface area contributed by atoms with Gasteiger partial charge in [0.15, 0.2) is 0 Å². The van der Waals surface area contributed by atoms with Crippen LogP contribution in [0, 0.1) is 0 Å². The Morgan fingerprint density at radius 3 is 2.74 bits per heavy atom. The van der Waals surface area contributed by atoms with E-state index < -0.39 is 25.0 Å². The second-order valence-corrected chi connectivity index (χ2v) is 3.97.